The van der Waals surface area contributed by atoms with E-state index in [2.05, 4.69) is 5.32 Å². The van der Waals surface area contributed by atoms with Crippen LogP contribution in [0.2, 0.25) is 5.02 Å². The number of carbonyl (C=O) groups excluding carboxylic acids is 3. The number of rotatable bonds is 5. The Balaban J connectivity index is 1.46. The first kappa shape index (κ1) is 18.7. The lowest BCUT2D eigenvalue weighted by atomic mass is 9.95. The number of carbonyl (C=O) groups is 3. The van der Waals surface area contributed by atoms with Gasteiger partial charge in [0.25, 0.3) is 0 Å². The Labute approximate surface area is 158 Å². The molecule has 7 heteroatoms. The molecule has 1 aliphatic carbocycles. The van der Waals surface area contributed by atoms with Gasteiger partial charge in [-0.25, -0.2) is 0 Å². The second-order valence-electron chi connectivity index (χ2n) is 6.99. The molecule has 1 heterocycles. The Kier molecular flexibility index (Phi) is 5.51. The number of amides is 3. The number of piperazine rings is 1. The normalized spacial score (nSPS) is 18.4. The molecule has 140 valence electrons. The summed E-state index contributed by atoms with van der Waals surface area (Å²) in [4.78, 5) is 39.7. The number of hydrogen-bond donors (Lipinski definition) is 1. The van der Waals surface area contributed by atoms with Gasteiger partial charge in [-0.1, -0.05) is 23.7 Å². The summed E-state index contributed by atoms with van der Waals surface area (Å²) in [6.45, 7) is 4.13. The summed E-state index contributed by atoms with van der Waals surface area (Å²) in [6.07, 6.45) is 1.89. The molecule has 0 radical (unpaired) electrons. The van der Waals surface area contributed by atoms with Gasteiger partial charge >= 0.3 is 0 Å². The van der Waals surface area contributed by atoms with Gasteiger partial charge in [0, 0.05) is 51.1 Å². The van der Waals surface area contributed by atoms with E-state index in [4.69, 9.17) is 11.6 Å². The Bertz CT molecular complexity index is 710. The number of nitrogens with zero attached hydrogens (tertiary/aromatic N) is 2. The third-order valence-corrected chi connectivity index (χ3v) is 5.50. The van der Waals surface area contributed by atoms with Crippen molar-refractivity contribution < 1.29 is 14.4 Å². The van der Waals surface area contributed by atoms with E-state index in [9.17, 15) is 14.4 Å². The summed E-state index contributed by atoms with van der Waals surface area (Å²) in [5, 5.41) is 3.53. The molecule has 1 saturated heterocycles. The standard InChI is InChI=1S/C19H24ClN3O3/c1-14(24)22-9-11-23(12-10-22)17(25)5-8-21-18(26)19(6-7-19)15-3-2-4-16(20)13-15/h2-4,13H,5-12H2,1H3,(H,21,26). The van der Waals surface area contributed by atoms with Gasteiger partial charge in [-0.2, -0.15) is 0 Å². The molecule has 3 rings (SSSR count). The van der Waals surface area contributed by atoms with E-state index in [0.29, 0.717) is 37.7 Å². The lowest BCUT2D eigenvalue weighted by Crippen LogP contribution is -2.50. The third kappa shape index (κ3) is 4.01. The van der Waals surface area contributed by atoms with E-state index < -0.39 is 5.41 Å². The van der Waals surface area contributed by atoms with Crippen molar-refractivity contribution in [1.82, 2.24) is 15.1 Å². The van der Waals surface area contributed by atoms with Gasteiger partial charge in [0.2, 0.25) is 17.7 Å². The summed E-state index contributed by atoms with van der Waals surface area (Å²) >= 11 is 6.04. The van der Waals surface area contributed by atoms with Crippen LogP contribution in [-0.2, 0) is 19.8 Å². The molecule has 1 aromatic carbocycles. The Morgan fingerprint density at radius 3 is 2.35 bits per heavy atom. The monoisotopic (exact) mass is 377 g/mol. The van der Waals surface area contributed by atoms with Crippen LogP contribution in [-0.4, -0.2) is 60.2 Å². The highest BCUT2D eigenvalue weighted by Gasteiger charge is 2.51. The molecule has 0 atom stereocenters. The Morgan fingerprint density at radius 2 is 1.77 bits per heavy atom. The summed E-state index contributed by atoms with van der Waals surface area (Å²) < 4.78 is 0. The van der Waals surface area contributed by atoms with E-state index in [1.807, 2.05) is 18.2 Å². The first-order valence-electron chi connectivity index (χ1n) is 9.00. The van der Waals surface area contributed by atoms with E-state index in [-0.39, 0.29) is 24.1 Å². The highest BCUT2D eigenvalue weighted by atomic mass is 35.5. The van der Waals surface area contributed by atoms with Crippen molar-refractivity contribution in [2.24, 2.45) is 0 Å². The van der Waals surface area contributed by atoms with Gasteiger partial charge in [-0.15, -0.1) is 0 Å². The highest BCUT2D eigenvalue weighted by Crippen LogP contribution is 2.48. The summed E-state index contributed by atoms with van der Waals surface area (Å²) in [7, 11) is 0. The van der Waals surface area contributed by atoms with E-state index in [1.165, 1.54) is 0 Å². The zero-order chi connectivity index (χ0) is 18.7. The van der Waals surface area contributed by atoms with Crippen LogP contribution in [0, 0.1) is 0 Å². The molecule has 1 aromatic rings. The van der Waals surface area contributed by atoms with Crippen LogP contribution in [0.5, 0.6) is 0 Å². The van der Waals surface area contributed by atoms with Gasteiger partial charge in [0.05, 0.1) is 5.41 Å². The molecule has 2 fully saturated rings. The fourth-order valence-electron chi connectivity index (χ4n) is 3.44. The zero-order valence-electron chi connectivity index (χ0n) is 15.0. The molecule has 1 N–H and O–H groups in total. The SMILES string of the molecule is CC(=O)N1CCN(C(=O)CCNC(=O)C2(c3cccc(Cl)c3)CC2)CC1. The second kappa shape index (κ2) is 7.66. The maximum absolute atomic E-state index is 12.6. The van der Waals surface area contributed by atoms with Gasteiger partial charge in [0.15, 0.2) is 0 Å². The highest BCUT2D eigenvalue weighted by molar-refractivity contribution is 6.30. The fraction of sp³-hybridized carbons (Fsp3) is 0.526. The summed E-state index contributed by atoms with van der Waals surface area (Å²) in [5.74, 6) is 0.0233. The molecule has 0 unspecified atom stereocenters. The number of nitrogens with one attached hydrogen (secondary N) is 1. The van der Waals surface area contributed by atoms with Crippen LogP contribution in [0.3, 0.4) is 0 Å². The van der Waals surface area contributed by atoms with Crippen molar-refractivity contribution in [2.75, 3.05) is 32.7 Å². The predicted octanol–water partition coefficient (Wildman–Crippen LogP) is 1.57. The fourth-order valence-corrected chi connectivity index (χ4v) is 3.63. The average molecular weight is 378 g/mol. The number of halogens is 1. The molecule has 1 saturated carbocycles. The summed E-state index contributed by atoms with van der Waals surface area (Å²) in [6, 6.07) is 7.42. The molecular weight excluding hydrogens is 354 g/mol. The molecule has 1 aliphatic heterocycles. The van der Waals surface area contributed by atoms with Crippen molar-refractivity contribution in [2.45, 2.75) is 31.6 Å². The first-order chi connectivity index (χ1) is 12.4. The minimum atomic E-state index is -0.485. The van der Waals surface area contributed by atoms with E-state index in [0.717, 1.165) is 18.4 Å². The van der Waals surface area contributed by atoms with E-state index >= 15 is 0 Å². The Hall–Kier alpha value is -2.08. The minimum absolute atomic E-state index is 0.0149. The Morgan fingerprint density at radius 1 is 1.12 bits per heavy atom. The van der Waals surface area contributed by atoms with Crippen molar-refractivity contribution in [1.29, 1.82) is 0 Å². The van der Waals surface area contributed by atoms with Crippen molar-refractivity contribution in [3.63, 3.8) is 0 Å². The van der Waals surface area contributed by atoms with Crippen LogP contribution in [0.25, 0.3) is 0 Å². The maximum atomic E-state index is 12.6. The first-order valence-corrected chi connectivity index (χ1v) is 9.38. The lowest BCUT2D eigenvalue weighted by Gasteiger charge is -2.34. The molecule has 2 aliphatic rings. The molecule has 0 spiro atoms. The molecule has 0 bridgehead atoms. The average Bonchev–Trinajstić information content (AvgIpc) is 3.43. The largest absolute Gasteiger partial charge is 0.355 e. The van der Waals surface area contributed by atoms with E-state index in [1.54, 1.807) is 22.8 Å². The lowest BCUT2D eigenvalue weighted by molar-refractivity contribution is -0.138. The van der Waals surface area contributed by atoms with Gasteiger partial charge < -0.3 is 15.1 Å². The molecule has 3 amide bonds. The van der Waals surface area contributed by atoms with Crippen molar-refractivity contribution >= 4 is 29.3 Å². The van der Waals surface area contributed by atoms with Crippen LogP contribution in [0.4, 0.5) is 0 Å². The molecule has 6 nitrogen and oxygen atoms in total. The minimum Gasteiger partial charge on any atom is -0.355 e. The number of benzene rings is 1. The maximum Gasteiger partial charge on any atom is 0.230 e. The predicted molar refractivity (Wildman–Crippen MR) is 98.8 cm³/mol. The van der Waals surface area contributed by atoms with Crippen molar-refractivity contribution in [3.8, 4) is 0 Å². The summed E-state index contributed by atoms with van der Waals surface area (Å²) in [5.41, 5.74) is 0.454. The van der Waals surface area contributed by atoms with Gasteiger partial charge in [-0.05, 0) is 30.5 Å². The van der Waals surface area contributed by atoms with Crippen LogP contribution in [0.1, 0.15) is 31.7 Å². The third-order valence-electron chi connectivity index (χ3n) is 5.26. The number of hydrogen-bond acceptors (Lipinski definition) is 3. The molecule has 0 aromatic heterocycles. The molecular formula is C19H24ClN3O3. The van der Waals surface area contributed by atoms with Crippen LogP contribution >= 0.6 is 11.6 Å². The topological polar surface area (TPSA) is 69.7 Å². The quantitative estimate of drug-likeness (QED) is 0.846. The van der Waals surface area contributed by atoms with Gasteiger partial charge in [0.1, 0.15) is 0 Å². The van der Waals surface area contributed by atoms with Gasteiger partial charge in [-0.3, -0.25) is 14.4 Å². The molecule has 26 heavy (non-hydrogen) atoms. The van der Waals surface area contributed by atoms with Crippen molar-refractivity contribution in [3.05, 3.63) is 34.9 Å². The second-order valence-corrected chi connectivity index (χ2v) is 7.42. The van der Waals surface area contributed by atoms with Crippen LogP contribution in [0.15, 0.2) is 24.3 Å². The smallest absolute Gasteiger partial charge is 0.230 e. The zero-order valence-corrected chi connectivity index (χ0v) is 15.7. The van der Waals surface area contributed by atoms with Crippen LogP contribution < -0.4 is 5.32 Å².